The Morgan fingerprint density at radius 1 is 1.29 bits per heavy atom. The van der Waals surface area contributed by atoms with Crippen LogP contribution < -0.4 is 5.32 Å². The van der Waals surface area contributed by atoms with E-state index in [1.165, 1.54) is 5.56 Å². The van der Waals surface area contributed by atoms with E-state index in [0.717, 1.165) is 12.8 Å². The topological polar surface area (TPSA) is 41.5 Å². The molecule has 0 saturated carbocycles. The van der Waals surface area contributed by atoms with E-state index in [2.05, 4.69) is 24.4 Å². The number of aliphatic hydroxyl groups is 1. The summed E-state index contributed by atoms with van der Waals surface area (Å²) in [5.74, 6) is 0. The number of rotatable bonds is 4. The van der Waals surface area contributed by atoms with Crippen LogP contribution in [-0.2, 0) is 4.74 Å². The average Bonchev–Trinajstić information content (AvgIpc) is 2.38. The van der Waals surface area contributed by atoms with Crippen molar-refractivity contribution in [3.8, 4) is 0 Å². The Kier molecular flexibility index (Phi) is 4.15. The van der Waals surface area contributed by atoms with E-state index in [9.17, 15) is 5.11 Å². The monoisotopic (exact) mass is 235 g/mol. The minimum Gasteiger partial charge on any atom is -0.388 e. The van der Waals surface area contributed by atoms with Crippen LogP contribution in [0.2, 0.25) is 0 Å². The summed E-state index contributed by atoms with van der Waals surface area (Å²) in [6.07, 6.45) is 1.45. The summed E-state index contributed by atoms with van der Waals surface area (Å²) < 4.78 is 5.27. The summed E-state index contributed by atoms with van der Waals surface area (Å²) in [7, 11) is 0. The van der Waals surface area contributed by atoms with Crippen molar-refractivity contribution >= 4 is 0 Å². The third-order valence-electron chi connectivity index (χ3n) is 3.46. The van der Waals surface area contributed by atoms with Crippen LogP contribution in [0, 0.1) is 0 Å². The highest BCUT2D eigenvalue weighted by Crippen LogP contribution is 2.21. The molecule has 0 spiro atoms. The largest absolute Gasteiger partial charge is 0.388 e. The molecule has 0 unspecified atom stereocenters. The van der Waals surface area contributed by atoms with Gasteiger partial charge in [0.2, 0.25) is 0 Å². The van der Waals surface area contributed by atoms with E-state index in [-0.39, 0.29) is 6.04 Å². The van der Waals surface area contributed by atoms with Gasteiger partial charge in [-0.25, -0.2) is 0 Å². The summed E-state index contributed by atoms with van der Waals surface area (Å²) in [4.78, 5) is 0. The van der Waals surface area contributed by atoms with Crippen molar-refractivity contribution < 1.29 is 9.84 Å². The molecule has 17 heavy (non-hydrogen) atoms. The molecule has 1 aromatic carbocycles. The average molecular weight is 235 g/mol. The van der Waals surface area contributed by atoms with Crippen molar-refractivity contribution in [1.29, 1.82) is 0 Å². The van der Waals surface area contributed by atoms with Crippen molar-refractivity contribution in [1.82, 2.24) is 5.32 Å². The maximum absolute atomic E-state index is 10.3. The Hall–Kier alpha value is -0.900. The lowest BCUT2D eigenvalue weighted by Gasteiger charge is -2.33. The molecule has 1 atom stereocenters. The number of nitrogens with one attached hydrogen (secondary N) is 1. The first kappa shape index (κ1) is 12.6. The van der Waals surface area contributed by atoms with E-state index in [0.29, 0.717) is 19.8 Å². The molecule has 94 valence electrons. The Bertz CT molecular complexity index is 333. The Labute approximate surface area is 103 Å². The van der Waals surface area contributed by atoms with Gasteiger partial charge in [0.05, 0.1) is 5.60 Å². The van der Waals surface area contributed by atoms with Crippen LogP contribution in [0.25, 0.3) is 0 Å². The van der Waals surface area contributed by atoms with Crippen molar-refractivity contribution in [3.63, 3.8) is 0 Å². The van der Waals surface area contributed by atoms with Gasteiger partial charge in [0.15, 0.2) is 0 Å². The van der Waals surface area contributed by atoms with Crippen molar-refractivity contribution in [2.45, 2.75) is 31.4 Å². The van der Waals surface area contributed by atoms with Gasteiger partial charge in [-0.05, 0) is 12.5 Å². The van der Waals surface area contributed by atoms with Gasteiger partial charge in [0.1, 0.15) is 0 Å². The number of hydrogen-bond donors (Lipinski definition) is 2. The normalized spacial score (nSPS) is 21.1. The first-order valence-electron chi connectivity index (χ1n) is 6.28. The van der Waals surface area contributed by atoms with Gasteiger partial charge in [-0.15, -0.1) is 0 Å². The Balaban J connectivity index is 1.85. The van der Waals surface area contributed by atoms with Crippen molar-refractivity contribution in [3.05, 3.63) is 35.9 Å². The molecule has 0 aromatic heterocycles. The maximum Gasteiger partial charge on any atom is 0.0815 e. The summed E-state index contributed by atoms with van der Waals surface area (Å²) in [6, 6.07) is 10.6. The zero-order valence-electron chi connectivity index (χ0n) is 10.4. The third-order valence-corrected chi connectivity index (χ3v) is 3.46. The van der Waals surface area contributed by atoms with Crippen molar-refractivity contribution in [2.24, 2.45) is 0 Å². The summed E-state index contributed by atoms with van der Waals surface area (Å²) in [6.45, 7) is 4.08. The Morgan fingerprint density at radius 2 is 1.94 bits per heavy atom. The standard InChI is InChI=1S/C14H21NO2/c1-12(13-5-3-2-4-6-13)15-11-14(16)7-9-17-10-8-14/h2-6,12,15-16H,7-11H2,1H3/t12-/m0/s1. The molecule has 0 aliphatic carbocycles. The lowest BCUT2D eigenvalue weighted by molar-refractivity contribution is -0.0626. The maximum atomic E-state index is 10.3. The van der Waals surface area contributed by atoms with E-state index in [1.54, 1.807) is 0 Å². The molecule has 2 N–H and O–H groups in total. The van der Waals surface area contributed by atoms with Crippen LogP contribution in [0.1, 0.15) is 31.4 Å². The van der Waals surface area contributed by atoms with Crippen LogP contribution in [0.3, 0.4) is 0 Å². The number of hydrogen-bond acceptors (Lipinski definition) is 3. The number of benzene rings is 1. The fourth-order valence-corrected chi connectivity index (χ4v) is 2.13. The molecule has 1 heterocycles. The zero-order chi connectivity index (χ0) is 12.1. The van der Waals surface area contributed by atoms with Gasteiger partial charge in [-0.2, -0.15) is 0 Å². The molecule has 0 amide bonds. The Morgan fingerprint density at radius 3 is 2.59 bits per heavy atom. The molecule has 0 radical (unpaired) electrons. The predicted octanol–water partition coefficient (Wildman–Crippen LogP) is 1.88. The van der Waals surface area contributed by atoms with Crippen molar-refractivity contribution in [2.75, 3.05) is 19.8 Å². The highest BCUT2D eigenvalue weighted by molar-refractivity contribution is 5.18. The summed E-state index contributed by atoms with van der Waals surface area (Å²) >= 11 is 0. The first-order valence-corrected chi connectivity index (χ1v) is 6.28. The molecule has 1 aliphatic rings. The molecule has 2 rings (SSSR count). The van der Waals surface area contributed by atoms with E-state index >= 15 is 0 Å². The molecule has 3 nitrogen and oxygen atoms in total. The first-order chi connectivity index (χ1) is 8.20. The highest BCUT2D eigenvalue weighted by atomic mass is 16.5. The second-order valence-corrected chi connectivity index (χ2v) is 4.85. The lowest BCUT2D eigenvalue weighted by Crippen LogP contribution is -2.45. The summed E-state index contributed by atoms with van der Waals surface area (Å²) in [5.41, 5.74) is 0.657. The molecule has 1 saturated heterocycles. The van der Waals surface area contributed by atoms with Gasteiger partial charge in [0, 0.05) is 38.6 Å². The minimum atomic E-state index is -0.596. The molecular formula is C14H21NO2. The fourth-order valence-electron chi connectivity index (χ4n) is 2.13. The minimum absolute atomic E-state index is 0.267. The molecule has 0 bridgehead atoms. The van der Waals surface area contributed by atoms with Crippen LogP contribution in [-0.4, -0.2) is 30.5 Å². The summed E-state index contributed by atoms with van der Waals surface area (Å²) in [5, 5.41) is 13.7. The molecule has 1 aromatic rings. The van der Waals surface area contributed by atoms with Crippen LogP contribution in [0.4, 0.5) is 0 Å². The highest BCUT2D eigenvalue weighted by Gasteiger charge is 2.29. The van der Waals surface area contributed by atoms with Gasteiger partial charge in [-0.1, -0.05) is 30.3 Å². The van der Waals surface area contributed by atoms with Gasteiger partial charge in [-0.3, -0.25) is 0 Å². The van der Waals surface area contributed by atoms with Gasteiger partial charge < -0.3 is 15.2 Å². The number of ether oxygens (including phenoxy) is 1. The predicted molar refractivity (Wildman–Crippen MR) is 67.9 cm³/mol. The van der Waals surface area contributed by atoms with E-state index in [4.69, 9.17) is 4.74 Å². The van der Waals surface area contributed by atoms with Crippen LogP contribution in [0.15, 0.2) is 30.3 Å². The van der Waals surface area contributed by atoms with Gasteiger partial charge >= 0.3 is 0 Å². The lowest BCUT2D eigenvalue weighted by atomic mass is 9.94. The molecular weight excluding hydrogens is 214 g/mol. The quantitative estimate of drug-likeness (QED) is 0.837. The third kappa shape index (κ3) is 3.53. The van der Waals surface area contributed by atoms with E-state index in [1.807, 2.05) is 18.2 Å². The zero-order valence-corrected chi connectivity index (χ0v) is 10.4. The second-order valence-electron chi connectivity index (χ2n) is 4.85. The smallest absolute Gasteiger partial charge is 0.0815 e. The van der Waals surface area contributed by atoms with Crippen LogP contribution >= 0.6 is 0 Å². The second kappa shape index (κ2) is 5.63. The molecule has 3 heteroatoms. The van der Waals surface area contributed by atoms with Crippen LogP contribution in [0.5, 0.6) is 0 Å². The van der Waals surface area contributed by atoms with Gasteiger partial charge in [0.25, 0.3) is 0 Å². The molecule has 1 fully saturated rings. The SMILES string of the molecule is C[C@H](NCC1(O)CCOCC1)c1ccccc1. The van der Waals surface area contributed by atoms with E-state index < -0.39 is 5.60 Å². The fraction of sp³-hybridized carbons (Fsp3) is 0.571. The molecule has 1 aliphatic heterocycles.